The smallest absolute Gasteiger partial charge is 0.379 e. The van der Waals surface area contributed by atoms with E-state index >= 15 is 0 Å². The average molecular weight is 323 g/mol. The maximum absolute atomic E-state index is 12.7. The number of hydrogen-bond acceptors (Lipinski definition) is 4. The fraction of sp³-hybridized carbons (Fsp3) is 0.333. The number of nitrogens with zero attached hydrogens (tertiary/aromatic N) is 1. The van der Waals surface area contributed by atoms with Gasteiger partial charge in [0, 0.05) is 30.5 Å². The first-order valence-electron chi connectivity index (χ1n) is 5.69. The molecule has 0 spiro atoms. The number of hydrogen-bond donors (Lipinski definition) is 1. The zero-order valence-electron chi connectivity index (χ0n) is 10.1. The minimum atomic E-state index is -4.88. The molecule has 1 aliphatic heterocycles. The summed E-state index contributed by atoms with van der Waals surface area (Å²) in [6, 6.07) is 3.03. The van der Waals surface area contributed by atoms with Gasteiger partial charge in [0.15, 0.2) is 0 Å². The van der Waals surface area contributed by atoms with Crippen molar-refractivity contribution in [2.75, 3.05) is 12.3 Å². The molecule has 3 nitrogen and oxygen atoms in total. The van der Waals surface area contributed by atoms with Crippen molar-refractivity contribution >= 4 is 29.1 Å². The molecule has 2 heterocycles. The lowest BCUT2D eigenvalue weighted by Crippen LogP contribution is -2.27. The van der Waals surface area contributed by atoms with Crippen molar-refractivity contribution in [1.29, 1.82) is 0 Å². The van der Waals surface area contributed by atoms with Gasteiger partial charge in [-0.05, 0) is 11.6 Å². The number of nitrogens with one attached hydrogen (secondary N) is 1. The van der Waals surface area contributed by atoms with Crippen LogP contribution < -0.4 is 5.32 Å². The van der Waals surface area contributed by atoms with Gasteiger partial charge in [-0.3, -0.25) is 4.79 Å². The van der Waals surface area contributed by atoms with Crippen LogP contribution >= 0.6 is 23.4 Å². The van der Waals surface area contributed by atoms with Crippen LogP contribution in [0.3, 0.4) is 0 Å². The molecule has 20 heavy (non-hydrogen) atoms. The molecule has 1 saturated heterocycles. The van der Waals surface area contributed by atoms with Crippen LogP contribution in [0.15, 0.2) is 28.9 Å². The van der Waals surface area contributed by atoms with Crippen LogP contribution in [0.1, 0.15) is 5.56 Å². The zero-order chi connectivity index (χ0) is 14.8. The molecule has 8 heteroatoms. The average Bonchev–Trinajstić information content (AvgIpc) is 2.90. The molecule has 1 aromatic heterocycles. The van der Waals surface area contributed by atoms with E-state index in [0.29, 0.717) is 22.9 Å². The van der Waals surface area contributed by atoms with Crippen LogP contribution in [0.5, 0.6) is 0 Å². The summed E-state index contributed by atoms with van der Waals surface area (Å²) in [7, 11) is 0. The first-order chi connectivity index (χ1) is 9.38. The Hall–Kier alpha value is -1.21. The van der Waals surface area contributed by atoms with Crippen molar-refractivity contribution in [3.63, 3.8) is 0 Å². The maximum Gasteiger partial charge on any atom is 0.454 e. The fourth-order valence-electron chi connectivity index (χ4n) is 1.71. The Kier molecular flexibility index (Phi) is 4.59. The Balaban J connectivity index is 2.31. The highest BCUT2D eigenvalue weighted by molar-refractivity contribution is 8.03. The van der Waals surface area contributed by atoms with Gasteiger partial charge in [0.05, 0.1) is 5.03 Å². The summed E-state index contributed by atoms with van der Waals surface area (Å²) in [5.41, 5.74) is 0.230. The molecule has 0 aromatic carbocycles. The second kappa shape index (κ2) is 6.05. The summed E-state index contributed by atoms with van der Waals surface area (Å²) < 4.78 is 38.0. The van der Waals surface area contributed by atoms with Crippen LogP contribution in [0.4, 0.5) is 13.2 Å². The standard InChI is InChI=1S/C12H10ClF3N2OS/c13-9-2-1-7(6-18-9)5-8(10(19)12(14,15)16)11-17-3-4-20-11/h1-2,6,17H,3-5H2. The molecule has 1 aromatic rings. The molecular formula is C12H10ClF3N2OS. The zero-order valence-corrected chi connectivity index (χ0v) is 11.7. The van der Waals surface area contributed by atoms with Gasteiger partial charge in [-0.1, -0.05) is 17.7 Å². The molecule has 108 valence electrons. The van der Waals surface area contributed by atoms with Gasteiger partial charge >= 0.3 is 6.18 Å². The van der Waals surface area contributed by atoms with E-state index in [1.54, 1.807) is 6.07 Å². The predicted molar refractivity (Wildman–Crippen MR) is 71.5 cm³/mol. The number of rotatable bonds is 3. The van der Waals surface area contributed by atoms with E-state index in [2.05, 4.69) is 10.3 Å². The Morgan fingerprint density at radius 1 is 1.45 bits per heavy atom. The third-order valence-corrected chi connectivity index (χ3v) is 3.92. The summed E-state index contributed by atoms with van der Waals surface area (Å²) in [5.74, 6) is -1.17. The normalized spacial score (nSPS) is 17.8. The second-order valence-corrected chi connectivity index (χ2v) is 5.57. The Labute approximate surface area is 122 Å². The molecule has 0 aliphatic carbocycles. The number of alkyl halides is 3. The fourth-order valence-corrected chi connectivity index (χ4v) is 2.78. The summed E-state index contributed by atoms with van der Waals surface area (Å²) in [6.45, 7) is 0.549. The van der Waals surface area contributed by atoms with Crippen molar-refractivity contribution in [3.8, 4) is 0 Å². The molecule has 0 unspecified atom stereocenters. The molecule has 1 fully saturated rings. The number of thioether (sulfide) groups is 1. The second-order valence-electron chi connectivity index (χ2n) is 4.08. The van der Waals surface area contributed by atoms with Gasteiger partial charge in [0.25, 0.3) is 5.78 Å². The van der Waals surface area contributed by atoms with E-state index in [1.165, 1.54) is 24.0 Å². The topological polar surface area (TPSA) is 42.0 Å². The Morgan fingerprint density at radius 3 is 2.70 bits per heavy atom. The molecule has 0 radical (unpaired) electrons. The van der Waals surface area contributed by atoms with E-state index in [9.17, 15) is 18.0 Å². The molecule has 2 rings (SSSR count). The summed E-state index contributed by atoms with van der Waals surface area (Å²) in [5, 5.41) is 3.36. The van der Waals surface area contributed by atoms with Crippen molar-refractivity contribution < 1.29 is 18.0 Å². The van der Waals surface area contributed by atoms with Gasteiger partial charge < -0.3 is 5.32 Å². The largest absolute Gasteiger partial charge is 0.454 e. The van der Waals surface area contributed by atoms with Crippen molar-refractivity contribution in [2.24, 2.45) is 0 Å². The molecule has 0 saturated carbocycles. The highest BCUT2D eigenvalue weighted by Crippen LogP contribution is 2.30. The Bertz CT molecular complexity index is 535. The van der Waals surface area contributed by atoms with Gasteiger partial charge in [-0.2, -0.15) is 13.2 Å². The number of aromatic nitrogens is 1. The van der Waals surface area contributed by atoms with Crippen molar-refractivity contribution in [3.05, 3.63) is 39.6 Å². The molecule has 1 aliphatic rings. The van der Waals surface area contributed by atoms with E-state index in [0.717, 1.165) is 0 Å². The third-order valence-electron chi connectivity index (χ3n) is 2.61. The van der Waals surface area contributed by atoms with Crippen LogP contribution in [0.2, 0.25) is 5.15 Å². The highest BCUT2D eigenvalue weighted by Gasteiger charge is 2.42. The quantitative estimate of drug-likeness (QED) is 0.686. The maximum atomic E-state index is 12.7. The summed E-state index contributed by atoms with van der Waals surface area (Å²) in [4.78, 5) is 15.3. The van der Waals surface area contributed by atoms with Crippen LogP contribution in [0, 0.1) is 0 Å². The first-order valence-corrected chi connectivity index (χ1v) is 7.06. The molecule has 0 atom stereocenters. The van der Waals surface area contributed by atoms with Gasteiger partial charge in [-0.15, -0.1) is 11.8 Å². The lowest BCUT2D eigenvalue weighted by Gasteiger charge is -2.12. The number of carbonyl (C=O) groups is 1. The number of Topliss-reactive ketones (excluding diaryl/α,β-unsaturated/α-hetero) is 1. The molecule has 1 N–H and O–H groups in total. The lowest BCUT2D eigenvalue weighted by atomic mass is 10.0. The van der Waals surface area contributed by atoms with Gasteiger partial charge in [-0.25, -0.2) is 4.98 Å². The predicted octanol–water partition coefficient (Wildman–Crippen LogP) is 2.96. The van der Waals surface area contributed by atoms with Crippen LogP contribution in [-0.2, 0) is 11.2 Å². The van der Waals surface area contributed by atoms with E-state index < -0.39 is 12.0 Å². The lowest BCUT2D eigenvalue weighted by molar-refractivity contribution is -0.166. The van der Waals surface area contributed by atoms with E-state index in [-0.39, 0.29) is 17.1 Å². The summed E-state index contributed by atoms with van der Waals surface area (Å²) in [6.07, 6.45) is -3.64. The minimum absolute atomic E-state index is 0.127. The SMILES string of the molecule is O=C(C(Cc1ccc(Cl)nc1)=C1NCCS1)C(F)(F)F. The monoisotopic (exact) mass is 322 g/mol. The Morgan fingerprint density at radius 2 is 2.20 bits per heavy atom. The minimum Gasteiger partial charge on any atom is -0.379 e. The number of halogens is 4. The van der Waals surface area contributed by atoms with Crippen LogP contribution in [-0.4, -0.2) is 29.2 Å². The van der Waals surface area contributed by atoms with Gasteiger partial charge in [0.1, 0.15) is 5.15 Å². The first kappa shape index (κ1) is 15.2. The third kappa shape index (κ3) is 3.67. The van der Waals surface area contributed by atoms with Crippen molar-refractivity contribution in [2.45, 2.75) is 12.6 Å². The van der Waals surface area contributed by atoms with Crippen LogP contribution in [0.25, 0.3) is 0 Å². The van der Waals surface area contributed by atoms with Crippen molar-refractivity contribution in [1.82, 2.24) is 10.3 Å². The molecule has 0 bridgehead atoms. The summed E-state index contributed by atoms with van der Waals surface area (Å²) >= 11 is 6.84. The van der Waals surface area contributed by atoms with E-state index in [4.69, 9.17) is 11.6 Å². The molecular weight excluding hydrogens is 313 g/mol. The number of ketones is 1. The number of carbonyl (C=O) groups excluding carboxylic acids is 1. The number of pyridine rings is 1. The van der Waals surface area contributed by atoms with E-state index in [1.807, 2.05) is 0 Å². The van der Waals surface area contributed by atoms with Gasteiger partial charge in [0.2, 0.25) is 0 Å². The number of allylic oxidation sites excluding steroid dienone is 1. The highest BCUT2D eigenvalue weighted by atomic mass is 35.5. The molecule has 0 amide bonds.